The molecular weight excluding hydrogens is 262 g/mol. The van der Waals surface area contributed by atoms with Crippen molar-refractivity contribution >= 4 is 10.0 Å². The molecule has 1 aliphatic heterocycles. The fourth-order valence-electron chi connectivity index (χ4n) is 2.52. The third-order valence-corrected chi connectivity index (χ3v) is 5.71. The van der Waals surface area contributed by atoms with E-state index in [-0.39, 0.29) is 0 Å². The molecule has 1 saturated heterocycles. The van der Waals surface area contributed by atoms with Crippen molar-refractivity contribution in [1.82, 2.24) is 13.9 Å². The number of rotatable bonds is 6. The summed E-state index contributed by atoms with van der Waals surface area (Å²) in [5, 5.41) is 0. The van der Waals surface area contributed by atoms with Gasteiger partial charge in [-0.3, -0.25) is 0 Å². The molecule has 2 rings (SSSR count). The topological polar surface area (TPSA) is 55.2 Å². The molecule has 0 amide bonds. The summed E-state index contributed by atoms with van der Waals surface area (Å²) in [5.41, 5.74) is 0. The molecule has 1 fully saturated rings. The molecule has 0 radical (unpaired) electrons. The standard InChI is InChI=1S/C13H23N3O2S/c1-2-3-10-19(17,18)16-7-4-13(5-8-16)11-15-9-6-14-12-15/h6,9,12-13H,2-5,7-8,10-11H2,1H3. The zero-order valence-electron chi connectivity index (χ0n) is 11.5. The third kappa shape index (κ3) is 4.04. The average molecular weight is 285 g/mol. The lowest BCUT2D eigenvalue weighted by Crippen LogP contribution is -2.40. The van der Waals surface area contributed by atoms with Crippen molar-refractivity contribution in [3.05, 3.63) is 18.7 Å². The second kappa shape index (κ2) is 6.52. The quantitative estimate of drug-likeness (QED) is 0.800. The highest BCUT2D eigenvalue weighted by molar-refractivity contribution is 7.89. The van der Waals surface area contributed by atoms with E-state index in [0.29, 0.717) is 24.8 Å². The van der Waals surface area contributed by atoms with E-state index < -0.39 is 10.0 Å². The lowest BCUT2D eigenvalue weighted by atomic mass is 9.98. The van der Waals surface area contributed by atoms with Crippen molar-refractivity contribution < 1.29 is 8.42 Å². The van der Waals surface area contributed by atoms with Crippen molar-refractivity contribution in [3.63, 3.8) is 0 Å². The first-order valence-corrected chi connectivity index (χ1v) is 8.66. The van der Waals surface area contributed by atoms with Gasteiger partial charge >= 0.3 is 0 Å². The molecule has 1 aromatic rings. The Kier molecular flexibility index (Phi) is 4.99. The molecule has 0 bridgehead atoms. The molecule has 0 aromatic carbocycles. The van der Waals surface area contributed by atoms with Crippen LogP contribution in [-0.4, -0.2) is 41.1 Å². The normalized spacial score (nSPS) is 18.8. The van der Waals surface area contributed by atoms with Crippen LogP contribution in [-0.2, 0) is 16.6 Å². The molecule has 2 heterocycles. The summed E-state index contributed by atoms with van der Waals surface area (Å²) in [6.45, 7) is 4.31. The monoisotopic (exact) mass is 285 g/mol. The van der Waals surface area contributed by atoms with Crippen LogP contribution in [0.25, 0.3) is 0 Å². The molecule has 5 nitrogen and oxygen atoms in total. The molecule has 19 heavy (non-hydrogen) atoms. The van der Waals surface area contributed by atoms with Gasteiger partial charge in [-0.15, -0.1) is 0 Å². The smallest absolute Gasteiger partial charge is 0.214 e. The molecule has 0 N–H and O–H groups in total. The minimum atomic E-state index is -3.02. The van der Waals surface area contributed by atoms with Crippen LogP contribution in [0.2, 0.25) is 0 Å². The molecule has 0 aliphatic carbocycles. The average Bonchev–Trinajstić information content (AvgIpc) is 2.90. The summed E-state index contributed by atoms with van der Waals surface area (Å²) in [5.74, 6) is 0.863. The fourth-order valence-corrected chi connectivity index (χ4v) is 4.20. The summed E-state index contributed by atoms with van der Waals surface area (Å²) in [7, 11) is -3.02. The number of hydrogen-bond acceptors (Lipinski definition) is 3. The van der Waals surface area contributed by atoms with Gasteiger partial charge in [-0.25, -0.2) is 17.7 Å². The zero-order valence-corrected chi connectivity index (χ0v) is 12.3. The van der Waals surface area contributed by atoms with E-state index in [1.54, 1.807) is 10.5 Å². The molecule has 0 atom stereocenters. The van der Waals surface area contributed by atoms with Gasteiger partial charge in [-0.1, -0.05) is 13.3 Å². The van der Waals surface area contributed by atoms with Gasteiger partial charge in [-0.05, 0) is 25.2 Å². The van der Waals surface area contributed by atoms with Crippen LogP contribution in [0, 0.1) is 5.92 Å². The molecule has 108 valence electrons. The summed E-state index contributed by atoms with van der Waals surface area (Å²) in [6.07, 6.45) is 9.15. The van der Waals surface area contributed by atoms with Gasteiger partial charge < -0.3 is 4.57 Å². The predicted molar refractivity (Wildman–Crippen MR) is 75.2 cm³/mol. The van der Waals surface area contributed by atoms with Crippen LogP contribution in [0.5, 0.6) is 0 Å². The number of imidazole rings is 1. The van der Waals surface area contributed by atoms with Gasteiger partial charge in [0.05, 0.1) is 12.1 Å². The molecule has 0 spiro atoms. The Bertz CT molecular complexity index is 462. The van der Waals surface area contributed by atoms with Crippen LogP contribution >= 0.6 is 0 Å². The molecule has 1 aliphatic rings. The summed E-state index contributed by atoms with van der Waals surface area (Å²) < 4.78 is 27.9. The number of piperidine rings is 1. The van der Waals surface area contributed by atoms with Crippen LogP contribution in [0.3, 0.4) is 0 Å². The number of aromatic nitrogens is 2. The first kappa shape index (κ1) is 14.5. The Balaban J connectivity index is 1.82. The van der Waals surface area contributed by atoms with Crippen molar-refractivity contribution in [2.24, 2.45) is 5.92 Å². The second-order valence-electron chi connectivity index (χ2n) is 5.27. The van der Waals surface area contributed by atoms with Gasteiger partial charge in [-0.2, -0.15) is 0 Å². The van der Waals surface area contributed by atoms with Crippen LogP contribution in [0.15, 0.2) is 18.7 Å². The summed E-state index contributed by atoms with van der Waals surface area (Å²) in [6, 6.07) is 0. The van der Waals surface area contributed by atoms with Gasteiger partial charge in [0, 0.05) is 32.0 Å². The Morgan fingerprint density at radius 3 is 2.63 bits per heavy atom. The van der Waals surface area contributed by atoms with Crippen molar-refractivity contribution in [1.29, 1.82) is 0 Å². The van der Waals surface area contributed by atoms with Crippen LogP contribution in [0.1, 0.15) is 32.6 Å². The molecule has 1 aromatic heterocycles. The van der Waals surface area contributed by atoms with Crippen molar-refractivity contribution in [2.45, 2.75) is 39.2 Å². The Labute approximate surface area is 115 Å². The van der Waals surface area contributed by atoms with E-state index >= 15 is 0 Å². The third-order valence-electron chi connectivity index (χ3n) is 3.75. The fraction of sp³-hybridized carbons (Fsp3) is 0.769. The lowest BCUT2D eigenvalue weighted by molar-refractivity contribution is 0.253. The number of hydrogen-bond donors (Lipinski definition) is 0. The summed E-state index contributed by atoms with van der Waals surface area (Å²) in [4.78, 5) is 4.03. The van der Waals surface area contributed by atoms with E-state index in [2.05, 4.69) is 9.55 Å². The number of unbranched alkanes of at least 4 members (excludes halogenated alkanes) is 1. The maximum Gasteiger partial charge on any atom is 0.214 e. The first-order chi connectivity index (χ1) is 9.12. The maximum absolute atomic E-state index is 12.1. The molecule has 0 saturated carbocycles. The highest BCUT2D eigenvalue weighted by Crippen LogP contribution is 2.21. The van der Waals surface area contributed by atoms with Gasteiger partial charge in [0.2, 0.25) is 10.0 Å². The molecule has 0 unspecified atom stereocenters. The lowest BCUT2D eigenvalue weighted by Gasteiger charge is -2.31. The zero-order chi connectivity index (χ0) is 13.7. The SMILES string of the molecule is CCCCS(=O)(=O)N1CCC(Cn2ccnc2)CC1. The van der Waals surface area contributed by atoms with Crippen molar-refractivity contribution in [3.8, 4) is 0 Å². The Hall–Kier alpha value is -0.880. The number of sulfonamides is 1. The largest absolute Gasteiger partial charge is 0.337 e. The van der Waals surface area contributed by atoms with Crippen molar-refractivity contribution in [2.75, 3.05) is 18.8 Å². The highest BCUT2D eigenvalue weighted by Gasteiger charge is 2.27. The van der Waals surface area contributed by atoms with E-state index in [4.69, 9.17) is 0 Å². The molecule has 6 heteroatoms. The predicted octanol–water partition coefficient (Wildman–Crippen LogP) is 1.73. The van der Waals surface area contributed by atoms with E-state index in [0.717, 1.165) is 32.2 Å². The number of nitrogens with zero attached hydrogens (tertiary/aromatic N) is 3. The van der Waals surface area contributed by atoms with E-state index in [1.807, 2.05) is 19.4 Å². The molecular formula is C13H23N3O2S. The van der Waals surface area contributed by atoms with E-state index in [1.165, 1.54) is 0 Å². The van der Waals surface area contributed by atoms with Crippen LogP contribution in [0.4, 0.5) is 0 Å². The highest BCUT2D eigenvalue weighted by atomic mass is 32.2. The Morgan fingerprint density at radius 2 is 2.05 bits per heavy atom. The van der Waals surface area contributed by atoms with Crippen LogP contribution < -0.4 is 0 Å². The van der Waals surface area contributed by atoms with Gasteiger partial charge in [0.25, 0.3) is 0 Å². The van der Waals surface area contributed by atoms with Gasteiger partial charge in [0.1, 0.15) is 0 Å². The van der Waals surface area contributed by atoms with E-state index in [9.17, 15) is 8.42 Å². The Morgan fingerprint density at radius 1 is 1.32 bits per heavy atom. The minimum Gasteiger partial charge on any atom is -0.337 e. The minimum absolute atomic E-state index is 0.301. The van der Waals surface area contributed by atoms with Gasteiger partial charge in [0.15, 0.2) is 0 Å². The second-order valence-corrected chi connectivity index (χ2v) is 7.36. The maximum atomic E-state index is 12.1. The first-order valence-electron chi connectivity index (χ1n) is 7.05. The summed E-state index contributed by atoms with van der Waals surface area (Å²) >= 11 is 0.